The molecule has 180 valence electrons. The van der Waals surface area contributed by atoms with Crippen molar-refractivity contribution in [2.24, 2.45) is 17.1 Å². The molecule has 2 aromatic rings. The molecule has 0 fully saturated rings. The van der Waals surface area contributed by atoms with Gasteiger partial charge in [-0.2, -0.15) is 0 Å². The third-order valence-electron chi connectivity index (χ3n) is 7.39. The summed E-state index contributed by atoms with van der Waals surface area (Å²) in [5.74, 6) is -6.03. The molecule has 6 N–H and O–H groups in total. The van der Waals surface area contributed by atoms with Crippen LogP contribution in [0.4, 0.5) is 0 Å². The molecule has 1 heterocycles. The number of carbonyl (C=O) groups excluding carboxylic acids is 3. The first-order chi connectivity index (χ1) is 16.4. The number of phenolic OH excluding ortho intramolecular Hbond substituents is 1. The number of pyridine rings is 1. The Labute approximate surface area is 204 Å². The smallest absolute Gasteiger partial charge is 0.255 e. The fraction of sp³-hybridized carbons (Fsp3) is 0.280. The van der Waals surface area contributed by atoms with Crippen LogP contribution in [-0.2, 0) is 16.0 Å². The minimum atomic E-state index is -2.61. The van der Waals surface area contributed by atoms with E-state index in [-0.39, 0.29) is 41.3 Å². The molecule has 0 unspecified atom stereocenters. The number of amides is 1. The number of aromatic hydroxyl groups is 1. The highest BCUT2D eigenvalue weighted by molar-refractivity contribution is 6.29. The van der Waals surface area contributed by atoms with Crippen LogP contribution < -0.4 is 5.73 Å². The zero-order valence-electron chi connectivity index (χ0n) is 18.5. The van der Waals surface area contributed by atoms with Crippen molar-refractivity contribution in [3.63, 3.8) is 0 Å². The van der Waals surface area contributed by atoms with Crippen molar-refractivity contribution in [3.8, 4) is 16.9 Å². The van der Waals surface area contributed by atoms with Crippen molar-refractivity contribution in [1.29, 1.82) is 0 Å². The Balaban J connectivity index is 1.73. The van der Waals surface area contributed by atoms with E-state index < -0.39 is 51.5 Å². The van der Waals surface area contributed by atoms with E-state index in [0.717, 1.165) is 0 Å². The minimum absolute atomic E-state index is 0.0316. The number of carbonyl (C=O) groups is 3. The maximum Gasteiger partial charge on any atom is 0.255 e. The Bertz CT molecular complexity index is 1410. The summed E-state index contributed by atoms with van der Waals surface area (Å²) >= 11 is 5.91. The molecule has 10 heteroatoms. The van der Waals surface area contributed by atoms with Crippen LogP contribution in [0.2, 0.25) is 5.15 Å². The van der Waals surface area contributed by atoms with Crippen molar-refractivity contribution in [2.45, 2.75) is 31.8 Å². The molecule has 1 aromatic carbocycles. The number of halogens is 1. The van der Waals surface area contributed by atoms with Crippen molar-refractivity contribution < 1.29 is 34.8 Å². The molecule has 1 amide bonds. The van der Waals surface area contributed by atoms with Gasteiger partial charge in [-0.3, -0.25) is 14.4 Å². The van der Waals surface area contributed by atoms with E-state index in [1.807, 2.05) is 0 Å². The zero-order chi connectivity index (χ0) is 25.4. The van der Waals surface area contributed by atoms with Crippen LogP contribution in [0, 0.1) is 11.3 Å². The number of phenols is 1. The number of ketones is 2. The molecule has 3 atom stereocenters. The lowest BCUT2D eigenvalue weighted by molar-refractivity contribution is -0.145. The number of hydrogen-bond donors (Lipinski definition) is 5. The Morgan fingerprint density at radius 3 is 2.51 bits per heavy atom. The number of nitrogens with zero attached hydrogens (tertiary/aromatic N) is 1. The lowest BCUT2D eigenvalue weighted by atomic mass is 9.54. The topological polar surface area (TPSA) is 171 Å². The standard InChI is InChI=1S/C25H21ClN2O7/c1-24-7-11-6-15(30)18(23(27)34)21(32)25(11,35)22(33)19(24)20(31)17-13(8-24)12(3-4-14(17)29)10-2-5-16(26)28-9-10/h2-5,9,11,29-30,33,35H,6-8H2,1H3,(H2,27,34)/t11-,24-,25-/m1/s1. The number of hydrogen-bond acceptors (Lipinski definition) is 8. The van der Waals surface area contributed by atoms with Crippen LogP contribution in [0.1, 0.15) is 35.7 Å². The number of nitrogens with two attached hydrogens (primary N) is 1. The summed E-state index contributed by atoms with van der Waals surface area (Å²) in [6, 6.07) is 6.32. The number of aromatic nitrogens is 1. The molecule has 0 radical (unpaired) electrons. The van der Waals surface area contributed by atoms with Crippen molar-refractivity contribution >= 4 is 29.1 Å². The van der Waals surface area contributed by atoms with E-state index in [4.69, 9.17) is 17.3 Å². The molecule has 0 saturated carbocycles. The van der Waals surface area contributed by atoms with Gasteiger partial charge in [0, 0.05) is 35.1 Å². The van der Waals surface area contributed by atoms with E-state index in [2.05, 4.69) is 4.98 Å². The average Bonchev–Trinajstić information content (AvgIpc) is 2.77. The third kappa shape index (κ3) is 3.05. The first-order valence-electron chi connectivity index (χ1n) is 10.8. The lowest BCUT2D eigenvalue weighted by Crippen LogP contribution is -2.59. The van der Waals surface area contributed by atoms with Gasteiger partial charge in [0.1, 0.15) is 28.0 Å². The first-order valence-corrected chi connectivity index (χ1v) is 11.2. The van der Waals surface area contributed by atoms with Gasteiger partial charge in [0.25, 0.3) is 5.91 Å². The van der Waals surface area contributed by atoms with E-state index in [9.17, 15) is 34.8 Å². The maximum absolute atomic E-state index is 13.7. The van der Waals surface area contributed by atoms with Gasteiger partial charge in [-0.1, -0.05) is 24.6 Å². The van der Waals surface area contributed by atoms with Gasteiger partial charge in [-0.25, -0.2) is 4.98 Å². The molecule has 0 saturated heterocycles. The summed E-state index contributed by atoms with van der Waals surface area (Å²) in [6.07, 6.45) is 1.46. The monoisotopic (exact) mass is 496 g/mol. The number of allylic oxidation sites excluding steroid dienone is 2. The molecule has 0 spiro atoms. The number of fused-ring (bicyclic) bond motifs is 3. The molecule has 3 aliphatic rings. The molecule has 35 heavy (non-hydrogen) atoms. The Kier molecular flexibility index (Phi) is 4.88. The van der Waals surface area contributed by atoms with Gasteiger partial charge in [-0.15, -0.1) is 0 Å². The van der Waals surface area contributed by atoms with Gasteiger partial charge < -0.3 is 26.2 Å². The van der Waals surface area contributed by atoms with Crippen molar-refractivity contribution in [2.75, 3.05) is 0 Å². The molecule has 1 aromatic heterocycles. The number of rotatable bonds is 2. The highest BCUT2D eigenvalue weighted by Crippen LogP contribution is 2.57. The summed E-state index contributed by atoms with van der Waals surface area (Å²) in [4.78, 5) is 42.7. The second-order valence-corrected chi connectivity index (χ2v) is 9.92. The second kappa shape index (κ2) is 7.40. The van der Waals surface area contributed by atoms with Crippen molar-refractivity contribution in [3.05, 3.63) is 69.4 Å². The fourth-order valence-electron chi connectivity index (χ4n) is 5.82. The van der Waals surface area contributed by atoms with E-state index in [0.29, 0.717) is 16.7 Å². The Morgan fingerprint density at radius 2 is 1.89 bits per heavy atom. The summed E-state index contributed by atoms with van der Waals surface area (Å²) in [6.45, 7) is 1.71. The van der Waals surface area contributed by atoms with Crippen LogP contribution in [0.5, 0.6) is 5.75 Å². The van der Waals surface area contributed by atoms with Gasteiger partial charge in [-0.05, 0) is 42.2 Å². The Morgan fingerprint density at radius 1 is 1.17 bits per heavy atom. The maximum atomic E-state index is 13.7. The molecular weight excluding hydrogens is 476 g/mol. The lowest BCUT2D eigenvalue weighted by Gasteiger charge is -2.50. The van der Waals surface area contributed by atoms with Crippen LogP contribution in [0.25, 0.3) is 11.1 Å². The van der Waals surface area contributed by atoms with Crippen LogP contribution >= 0.6 is 11.6 Å². The molecule has 5 rings (SSSR count). The predicted octanol–water partition coefficient (Wildman–Crippen LogP) is 2.69. The largest absolute Gasteiger partial charge is 0.511 e. The van der Waals surface area contributed by atoms with E-state index >= 15 is 0 Å². The van der Waals surface area contributed by atoms with Crippen molar-refractivity contribution in [1.82, 2.24) is 4.98 Å². The third-order valence-corrected chi connectivity index (χ3v) is 7.61. The van der Waals surface area contributed by atoms with Gasteiger partial charge in [0.15, 0.2) is 11.4 Å². The average molecular weight is 497 g/mol. The summed E-state index contributed by atoms with van der Waals surface area (Å²) in [5.41, 5.74) is 2.29. The highest BCUT2D eigenvalue weighted by Gasteiger charge is 2.62. The molecule has 0 bridgehead atoms. The highest BCUT2D eigenvalue weighted by atomic mass is 35.5. The minimum Gasteiger partial charge on any atom is -0.511 e. The van der Waals surface area contributed by atoms with E-state index in [1.165, 1.54) is 12.3 Å². The SMILES string of the molecule is C[C@@]12Cc3c(-c4ccc(Cl)nc4)ccc(O)c3C(=O)C1=C(O)[C@]1(O)C(=O)C(C(N)=O)=C(O)C[C@@H]1C2. The quantitative estimate of drug-likeness (QED) is 0.312. The first kappa shape index (κ1) is 23.1. The second-order valence-electron chi connectivity index (χ2n) is 9.53. The molecule has 9 nitrogen and oxygen atoms in total. The fourth-order valence-corrected chi connectivity index (χ4v) is 5.93. The Hall–Kier alpha value is -3.69. The number of aliphatic hydroxyl groups excluding tert-OH is 2. The van der Waals surface area contributed by atoms with Gasteiger partial charge >= 0.3 is 0 Å². The van der Waals surface area contributed by atoms with Gasteiger partial charge in [0.2, 0.25) is 5.78 Å². The van der Waals surface area contributed by atoms with Gasteiger partial charge in [0.05, 0.1) is 5.56 Å². The molecule has 3 aliphatic carbocycles. The number of benzene rings is 1. The number of Topliss-reactive ketones (excluding diaryl/α,β-unsaturated/α-hetero) is 2. The molecular formula is C25H21ClN2O7. The van der Waals surface area contributed by atoms with Crippen LogP contribution in [0.15, 0.2) is 53.1 Å². The number of aliphatic hydroxyl groups is 3. The zero-order valence-corrected chi connectivity index (χ0v) is 19.3. The summed E-state index contributed by atoms with van der Waals surface area (Å²) < 4.78 is 0. The van der Waals surface area contributed by atoms with Crippen LogP contribution in [0.3, 0.4) is 0 Å². The molecule has 0 aliphatic heterocycles. The van der Waals surface area contributed by atoms with Crippen LogP contribution in [-0.4, -0.2) is 48.5 Å². The summed E-state index contributed by atoms with van der Waals surface area (Å²) in [7, 11) is 0. The normalized spacial score (nSPS) is 27.9. The number of primary amides is 1. The predicted molar refractivity (Wildman–Crippen MR) is 124 cm³/mol. The van der Waals surface area contributed by atoms with E-state index in [1.54, 1.807) is 25.1 Å². The summed E-state index contributed by atoms with van der Waals surface area (Å²) in [5, 5.41) is 43.8.